The van der Waals surface area contributed by atoms with E-state index in [4.69, 9.17) is 9.47 Å². The molecule has 26 heavy (non-hydrogen) atoms. The largest absolute Gasteiger partial charge is 0.497 e. The van der Waals surface area contributed by atoms with Gasteiger partial charge in [0.05, 0.1) is 25.9 Å². The van der Waals surface area contributed by atoms with Crippen LogP contribution < -0.4 is 14.8 Å². The molecule has 1 aliphatic rings. The minimum absolute atomic E-state index is 0.0521. The van der Waals surface area contributed by atoms with E-state index in [2.05, 4.69) is 5.32 Å². The van der Waals surface area contributed by atoms with Gasteiger partial charge in [-0.05, 0) is 37.1 Å². The van der Waals surface area contributed by atoms with E-state index < -0.39 is 17.7 Å². The molecular weight excluding hydrogens is 342 g/mol. The van der Waals surface area contributed by atoms with Gasteiger partial charge in [0, 0.05) is 24.2 Å². The molecule has 0 radical (unpaired) electrons. The highest BCUT2D eigenvalue weighted by molar-refractivity contribution is 5.90. The number of nitrogens with one attached hydrogen (secondary N) is 1. The first-order valence-electron chi connectivity index (χ1n) is 8.28. The van der Waals surface area contributed by atoms with E-state index in [1.54, 1.807) is 25.2 Å². The van der Waals surface area contributed by atoms with Crippen molar-refractivity contribution in [2.75, 3.05) is 26.1 Å². The first-order valence-corrected chi connectivity index (χ1v) is 8.28. The van der Waals surface area contributed by atoms with Gasteiger partial charge in [0.25, 0.3) is 0 Å². The van der Waals surface area contributed by atoms with Crippen molar-refractivity contribution in [3.8, 4) is 11.5 Å². The molecular formula is C19H20F2N2O3. The van der Waals surface area contributed by atoms with Gasteiger partial charge in [0.2, 0.25) is 0 Å². The summed E-state index contributed by atoms with van der Waals surface area (Å²) < 4.78 is 37.5. The molecule has 2 aromatic carbocycles. The molecule has 2 aromatic rings. The van der Waals surface area contributed by atoms with Crippen molar-refractivity contribution >= 4 is 11.7 Å². The Balaban J connectivity index is 1.82. The number of carbonyl (C=O) groups is 1. The van der Waals surface area contributed by atoms with Gasteiger partial charge in [-0.1, -0.05) is 0 Å². The fourth-order valence-corrected chi connectivity index (χ4v) is 3.20. The average molecular weight is 362 g/mol. The molecule has 0 aromatic heterocycles. The highest BCUT2D eigenvalue weighted by atomic mass is 19.1. The number of halogens is 2. The molecule has 1 fully saturated rings. The van der Waals surface area contributed by atoms with E-state index >= 15 is 0 Å². The summed E-state index contributed by atoms with van der Waals surface area (Å²) in [5, 5.41) is 2.52. The number of anilines is 1. The SMILES string of the molecule is COc1ccc(C2CCCN2C(=O)Nc2ccc(F)cc2F)c(OC)c1. The van der Waals surface area contributed by atoms with Gasteiger partial charge in [0.15, 0.2) is 0 Å². The molecule has 2 amide bonds. The van der Waals surface area contributed by atoms with E-state index in [0.717, 1.165) is 30.5 Å². The highest BCUT2D eigenvalue weighted by Gasteiger charge is 2.32. The van der Waals surface area contributed by atoms with Crippen molar-refractivity contribution in [3.05, 3.63) is 53.6 Å². The Bertz CT molecular complexity index is 813. The van der Waals surface area contributed by atoms with Crippen LogP contribution in [0.1, 0.15) is 24.4 Å². The van der Waals surface area contributed by atoms with Gasteiger partial charge in [-0.25, -0.2) is 13.6 Å². The molecule has 7 heteroatoms. The Morgan fingerprint density at radius 2 is 1.96 bits per heavy atom. The Labute approximate surface area is 150 Å². The van der Waals surface area contributed by atoms with Crippen LogP contribution in [-0.2, 0) is 0 Å². The zero-order valence-electron chi connectivity index (χ0n) is 14.6. The van der Waals surface area contributed by atoms with E-state index in [1.807, 2.05) is 12.1 Å². The quantitative estimate of drug-likeness (QED) is 0.880. The first-order chi connectivity index (χ1) is 12.5. The zero-order valence-corrected chi connectivity index (χ0v) is 14.6. The van der Waals surface area contributed by atoms with Crippen LogP contribution in [0.5, 0.6) is 11.5 Å². The number of rotatable bonds is 4. The molecule has 5 nitrogen and oxygen atoms in total. The van der Waals surface area contributed by atoms with Crippen LogP contribution in [0.2, 0.25) is 0 Å². The molecule has 1 heterocycles. The Morgan fingerprint density at radius 1 is 1.15 bits per heavy atom. The molecule has 0 aliphatic carbocycles. The fraction of sp³-hybridized carbons (Fsp3) is 0.316. The molecule has 0 bridgehead atoms. The number of carbonyl (C=O) groups excluding carboxylic acids is 1. The van der Waals surface area contributed by atoms with Crippen LogP contribution in [0.15, 0.2) is 36.4 Å². The van der Waals surface area contributed by atoms with Crippen molar-refractivity contribution in [1.82, 2.24) is 4.90 Å². The maximum Gasteiger partial charge on any atom is 0.322 e. The topological polar surface area (TPSA) is 50.8 Å². The van der Waals surface area contributed by atoms with Crippen LogP contribution in [0.25, 0.3) is 0 Å². The molecule has 1 unspecified atom stereocenters. The molecule has 0 spiro atoms. The van der Waals surface area contributed by atoms with Crippen LogP contribution in [0.4, 0.5) is 19.3 Å². The molecule has 1 atom stereocenters. The zero-order chi connectivity index (χ0) is 18.7. The number of benzene rings is 2. The molecule has 1 aliphatic heterocycles. The Hall–Kier alpha value is -2.83. The summed E-state index contributed by atoms with van der Waals surface area (Å²) in [6, 6.07) is 7.87. The number of likely N-dealkylation sites (tertiary alicyclic amines) is 1. The van der Waals surface area contributed by atoms with Crippen LogP contribution in [0.3, 0.4) is 0 Å². The summed E-state index contributed by atoms with van der Waals surface area (Å²) in [4.78, 5) is 14.3. The van der Waals surface area contributed by atoms with Gasteiger partial charge in [-0.3, -0.25) is 0 Å². The number of urea groups is 1. The summed E-state index contributed by atoms with van der Waals surface area (Å²) in [6.07, 6.45) is 1.58. The highest BCUT2D eigenvalue weighted by Crippen LogP contribution is 2.39. The molecule has 0 saturated carbocycles. The van der Waals surface area contributed by atoms with Gasteiger partial charge < -0.3 is 19.7 Å². The van der Waals surface area contributed by atoms with E-state index in [0.29, 0.717) is 18.0 Å². The molecule has 3 rings (SSSR count). The minimum Gasteiger partial charge on any atom is -0.497 e. The normalized spacial score (nSPS) is 16.5. The number of hydrogen-bond donors (Lipinski definition) is 1. The van der Waals surface area contributed by atoms with Gasteiger partial charge in [-0.15, -0.1) is 0 Å². The van der Waals surface area contributed by atoms with E-state index in [-0.39, 0.29) is 11.7 Å². The summed E-state index contributed by atoms with van der Waals surface area (Å²) in [7, 11) is 3.13. The van der Waals surface area contributed by atoms with Crippen LogP contribution in [-0.4, -0.2) is 31.7 Å². The number of ether oxygens (including phenoxy) is 2. The monoisotopic (exact) mass is 362 g/mol. The number of hydrogen-bond acceptors (Lipinski definition) is 3. The van der Waals surface area contributed by atoms with Gasteiger partial charge in [0.1, 0.15) is 23.1 Å². The second-order valence-electron chi connectivity index (χ2n) is 6.01. The number of nitrogens with zero attached hydrogens (tertiary/aromatic N) is 1. The van der Waals surface area contributed by atoms with Gasteiger partial charge in [-0.2, -0.15) is 0 Å². The maximum absolute atomic E-state index is 13.8. The fourth-order valence-electron chi connectivity index (χ4n) is 3.20. The van der Waals surface area contributed by atoms with Crippen molar-refractivity contribution in [3.63, 3.8) is 0 Å². The van der Waals surface area contributed by atoms with Crippen LogP contribution >= 0.6 is 0 Å². The lowest BCUT2D eigenvalue weighted by Crippen LogP contribution is -2.34. The summed E-state index contributed by atoms with van der Waals surface area (Å²) in [6.45, 7) is 0.536. The minimum atomic E-state index is -0.809. The Kier molecular flexibility index (Phi) is 5.25. The lowest BCUT2D eigenvalue weighted by Gasteiger charge is -2.27. The van der Waals surface area contributed by atoms with Gasteiger partial charge >= 0.3 is 6.03 Å². The van der Waals surface area contributed by atoms with Crippen molar-refractivity contribution in [2.45, 2.75) is 18.9 Å². The molecule has 1 N–H and O–H groups in total. The lowest BCUT2D eigenvalue weighted by molar-refractivity contribution is 0.206. The van der Waals surface area contributed by atoms with Crippen molar-refractivity contribution in [2.24, 2.45) is 0 Å². The summed E-state index contributed by atoms with van der Waals surface area (Å²) >= 11 is 0. The lowest BCUT2D eigenvalue weighted by atomic mass is 10.0. The Morgan fingerprint density at radius 3 is 2.65 bits per heavy atom. The third kappa shape index (κ3) is 3.56. The van der Waals surface area contributed by atoms with Crippen molar-refractivity contribution < 1.29 is 23.0 Å². The maximum atomic E-state index is 13.8. The standard InChI is InChI=1S/C19H20F2N2O3/c1-25-13-6-7-14(18(11-13)26-2)17-4-3-9-23(17)19(24)22-16-8-5-12(20)10-15(16)21/h5-8,10-11,17H,3-4,9H2,1-2H3,(H,22,24). The predicted octanol–water partition coefficient (Wildman–Crippen LogP) is 4.35. The summed E-state index contributed by atoms with van der Waals surface area (Å²) in [5.74, 6) is -0.214. The second kappa shape index (κ2) is 7.59. The van der Waals surface area contributed by atoms with E-state index in [9.17, 15) is 13.6 Å². The third-order valence-corrected chi connectivity index (χ3v) is 4.49. The van der Waals surface area contributed by atoms with Crippen molar-refractivity contribution in [1.29, 1.82) is 0 Å². The van der Waals surface area contributed by atoms with E-state index in [1.165, 1.54) is 6.07 Å². The number of amides is 2. The first kappa shape index (κ1) is 18.0. The average Bonchev–Trinajstić information content (AvgIpc) is 3.13. The predicted molar refractivity (Wildman–Crippen MR) is 93.6 cm³/mol. The third-order valence-electron chi connectivity index (χ3n) is 4.49. The molecule has 1 saturated heterocycles. The number of methoxy groups -OCH3 is 2. The molecule has 138 valence electrons. The second-order valence-corrected chi connectivity index (χ2v) is 6.01. The van der Waals surface area contributed by atoms with Crippen LogP contribution in [0, 0.1) is 11.6 Å². The summed E-state index contributed by atoms with van der Waals surface area (Å²) in [5.41, 5.74) is 0.810. The smallest absolute Gasteiger partial charge is 0.322 e.